The molecule has 122 valence electrons. The van der Waals surface area contributed by atoms with Gasteiger partial charge in [0.25, 0.3) is 0 Å². The second-order valence-electron chi connectivity index (χ2n) is 6.38. The zero-order valence-electron chi connectivity index (χ0n) is 13.3. The molecule has 0 aliphatic carbocycles. The number of anilines is 2. The van der Waals surface area contributed by atoms with Gasteiger partial charge in [-0.05, 0) is 24.3 Å². The van der Waals surface area contributed by atoms with Crippen molar-refractivity contribution in [1.82, 2.24) is 4.98 Å². The van der Waals surface area contributed by atoms with Crippen molar-refractivity contribution in [3.8, 4) is 0 Å². The fraction of sp³-hybridized carbons (Fsp3) is 0.471. The Hall–Kier alpha value is -1.56. The maximum Gasteiger partial charge on any atom is 0.148 e. The van der Waals surface area contributed by atoms with Crippen LogP contribution >= 0.6 is 11.6 Å². The number of fused-ring (bicyclic) bond motifs is 1. The van der Waals surface area contributed by atoms with Crippen molar-refractivity contribution >= 4 is 34.0 Å². The Morgan fingerprint density at radius 3 is 2.22 bits per heavy atom. The predicted molar refractivity (Wildman–Crippen MR) is 94.5 cm³/mol. The summed E-state index contributed by atoms with van der Waals surface area (Å²) in [5.74, 6) is 0.938. The van der Waals surface area contributed by atoms with Crippen LogP contribution in [0.4, 0.5) is 11.5 Å². The molecule has 2 aliphatic heterocycles. The summed E-state index contributed by atoms with van der Waals surface area (Å²) >= 11 is 6.54. The Bertz CT molecular complexity index is 693. The molecule has 2 aliphatic rings. The summed E-state index contributed by atoms with van der Waals surface area (Å²) in [6.07, 6.45) is 0. The predicted octanol–water partition coefficient (Wildman–Crippen LogP) is -0.345. The molecule has 0 spiro atoms. The molecule has 6 heteroatoms. The number of hydrogen-bond donors (Lipinski definition) is 2. The molecule has 0 amide bonds. The van der Waals surface area contributed by atoms with E-state index in [1.54, 1.807) is 0 Å². The van der Waals surface area contributed by atoms with E-state index in [0.29, 0.717) is 0 Å². The van der Waals surface area contributed by atoms with Crippen molar-refractivity contribution in [3.05, 3.63) is 29.3 Å². The average Bonchev–Trinajstić information content (AvgIpc) is 2.62. The third-order valence-electron chi connectivity index (χ3n) is 4.81. The average molecular weight is 334 g/mol. The van der Waals surface area contributed by atoms with Crippen molar-refractivity contribution in [2.24, 2.45) is 0 Å². The standard InChI is InChI=1S/C17H22ClN5/c18-15-12-13-11-14(22-7-3-19-4-8-22)1-2-16(13)21-17(15)23-9-5-20-6-10-23/h1-2,11-12,19-20H,3-10H2/p+2. The topological polar surface area (TPSA) is 52.6 Å². The lowest BCUT2D eigenvalue weighted by Crippen LogP contribution is -2.89. The SMILES string of the molecule is Clc1cc2cc(N3CC[NH2+]CC3)ccc2nc1N1CC[NH2+]CC1. The van der Waals surface area contributed by atoms with Gasteiger partial charge in [-0.1, -0.05) is 11.6 Å². The van der Waals surface area contributed by atoms with Gasteiger partial charge in [-0.25, -0.2) is 4.98 Å². The summed E-state index contributed by atoms with van der Waals surface area (Å²) in [6.45, 7) is 8.80. The number of halogens is 1. The molecular weight excluding hydrogens is 310 g/mol. The van der Waals surface area contributed by atoms with Gasteiger partial charge in [-0.2, -0.15) is 0 Å². The number of nitrogens with two attached hydrogens (primary N) is 2. The van der Waals surface area contributed by atoms with Crippen molar-refractivity contribution in [1.29, 1.82) is 0 Å². The Kier molecular flexibility index (Phi) is 4.25. The van der Waals surface area contributed by atoms with Crippen LogP contribution in [0.15, 0.2) is 24.3 Å². The molecule has 1 aromatic heterocycles. The van der Waals surface area contributed by atoms with E-state index in [9.17, 15) is 0 Å². The minimum Gasteiger partial charge on any atom is -0.360 e. The Morgan fingerprint density at radius 1 is 0.870 bits per heavy atom. The van der Waals surface area contributed by atoms with Gasteiger partial charge >= 0.3 is 0 Å². The van der Waals surface area contributed by atoms with Crippen molar-refractivity contribution in [3.63, 3.8) is 0 Å². The molecule has 0 radical (unpaired) electrons. The van der Waals surface area contributed by atoms with Gasteiger partial charge in [-0.3, -0.25) is 0 Å². The highest BCUT2D eigenvalue weighted by Gasteiger charge is 2.18. The van der Waals surface area contributed by atoms with E-state index >= 15 is 0 Å². The summed E-state index contributed by atoms with van der Waals surface area (Å²) < 4.78 is 0. The van der Waals surface area contributed by atoms with E-state index in [1.807, 2.05) is 0 Å². The van der Waals surface area contributed by atoms with Gasteiger partial charge in [0.2, 0.25) is 0 Å². The molecule has 1 aromatic carbocycles. The molecule has 2 aromatic rings. The van der Waals surface area contributed by atoms with Crippen LogP contribution in [0.2, 0.25) is 5.02 Å². The van der Waals surface area contributed by atoms with Crippen LogP contribution in [0.3, 0.4) is 0 Å². The Morgan fingerprint density at radius 2 is 1.52 bits per heavy atom. The van der Waals surface area contributed by atoms with Crippen LogP contribution in [-0.2, 0) is 0 Å². The number of hydrogen-bond acceptors (Lipinski definition) is 3. The summed E-state index contributed by atoms with van der Waals surface area (Å²) in [5, 5.41) is 6.62. The number of pyridine rings is 1. The molecule has 0 atom stereocenters. The largest absolute Gasteiger partial charge is 0.360 e. The second-order valence-corrected chi connectivity index (χ2v) is 6.78. The zero-order valence-corrected chi connectivity index (χ0v) is 14.1. The lowest BCUT2D eigenvalue weighted by atomic mass is 10.1. The number of benzene rings is 1. The van der Waals surface area contributed by atoms with Gasteiger partial charge in [0.05, 0.1) is 62.9 Å². The Balaban J connectivity index is 1.66. The molecule has 4 N–H and O–H groups in total. The number of quaternary nitrogens is 2. The number of nitrogens with zero attached hydrogens (tertiary/aromatic N) is 3. The van der Waals surface area contributed by atoms with Gasteiger partial charge in [0, 0.05) is 11.1 Å². The Labute approximate surface area is 141 Å². The number of rotatable bonds is 2. The van der Waals surface area contributed by atoms with Crippen LogP contribution in [0.25, 0.3) is 10.9 Å². The molecular formula is C17H24ClN5+2. The van der Waals surface area contributed by atoms with Crippen LogP contribution in [0.5, 0.6) is 0 Å². The molecule has 2 fully saturated rings. The minimum atomic E-state index is 0.767. The molecule has 2 saturated heterocycles. The minimum absolute atomic E-state index is 0.767. The lowest BCUT2D eigenvalue weighted by Gasteiger charge is -2.28. The molecule has 0 unspecified atom stereocenters. The number of piperazine rings is 2. The summed E-state index contributed by atoms with van der Waals surface area (Å²) in [5.41, 5.74) is 2.31. The smallest absolute Gasteiger partial charge is 0.148 e. The highest BCUT2D eigenvalue weighted by molar-refractivity contribution is 6.33. The van der Waals surface area contributed by atoms with E-state index in [1.165, 1.54) is 18.8 Å². The maximum atomic E-state index is 6.54. The fourth-order valence-electron chi connectivity index (χ4n) is 3.52. The first-order chi connectivity index (χ1) is 11.3. The molecule has 3 heterocycles. The maximum absolute atomic E-state index is 6.54. The summed E-state index contributed by atoms with van der Waals surface area (Å²) in [4.78, 5) is 9.59. The van der Waals surface area contributed by atoms with Gasteiger partial charge in [-0.15, -0.1) is 0 Å². The monoisotopic (exact) mass is 333 g/mol. The molecule has 0 bridgehead atoms. The van der Waals surface area contributed by atoms with Crippen molar-refractivity contribution < 1.29 is 10.6 Å². The first kappa shape index (κ1) is 15.0. The number of aromatic nitrogens is 1. The van der Waals surface area contributed by atoms with Gasteiger partial charge in [0.1, 0.15) is 5.82 Å². The third-order valence-corrected chi connectivity index (χ3v) is 5.09. The van der Waals surface area contributed by atoms with Crippen LogP contribution < -0.4 is 20.4 Å². The quantitative estimate of drug-likeness (QED) is 0.790. The van der Waals surface area contributed by atoms with E-state index < -0.39 is 0 Å². The summed E-state index contributed by atoms with van der Waals surface area (Å²) in [6, 6.07) is 8.64. The van der Waals surface area contributed by atoms with Crippen LogP contribution in [0.1, 0.15) is 0 Å². The zero-order chi connectivity index (χ0) is 15.6. The molecule has 5 nitrogen and oxygen atoms in total. The van der Waals surface area contributed by atoms with E-state index in [-0.39, 0.29) is 0 Å². The highest BCUT2D eigenvalue weighted by Crippen LogP contribution is 2.30. The lowest BCUT2D eigenvalue weighted by molar-refractivity contribution is -0.655. The molecule has 23 heavy (non-hydrogen) atoms. The van der Waals surface area contributed by atoms with Crippen molar-refractivity contribution in [2.45, 2.75) is 0 Å². The van der Waals surface area contributed by atoms with Gasteiger partial charge < -0.3 is 20.4 Å². The van der Waals surface area contributed by atoms with Crippen LogP contribution in [0, 0.1) is 0 Å². The normalized spacial score (nSPS) is 19.3. The third kappa shape index (κ3) is 3.09. The summed E-state index contributed by atoms with van der Waals surface area (Å²) in [7, 11) is 0. The van der Waals surface area contributed by atoms with E-state index in [2.05, 4.69) is 44.7 Å². The second kappa shape index (κ2) is 6.51. The van der Waals surface area contributed by atoms with Crippen LogP contribution in [-0.4, -0.2) is 57.3 Å². The van der Waals surface area contributed by atoms with Crippen molar-refractivity contribution in [2.75, 3.05) is 62.2 Å². The van der Waals surface area contributed by atoms with E-state index in [4.69, 9.17) is 16.6 Å². The highest BCUT2D eigenvalue weighted by atomic mass is 35.5. The fourth-order valence-corrected chi connectivity index (χ4v) is 3.80. The van der Waals surface area contributed by atoms with E-state index in [0.717, 1.165) is 61.0 Å². The molecule has 0 saturated carbocycles. The van der Waals surface area contributed by atoms with Gasteiger partial charge in [0.15, 0.2) is 0 Å². The molecule has 4 rings (SSSR count). The first-order valence-corrected chi connectivity index (χ1v) is 8.92. The first-order valence-electron chi connectivity index (χ1n) is 8.55.